The summed E-state index contributed by atoms with van der Waals surface area (Å²) in [5.41, 5.74) is 0. The molecule has 0 aromatic heterocycles. The van der Waals surface area contributed by atoms with Crippen LogP contribution in [0.4, 0.5) is 0 Å². The van der Waals surface area contributed by atoms with Crippen LogP contribution >= 0.6 is 15.6 Å². The number of phosphoric ester groups is 2. The van der Waals surface area contributed by atoms with Crippen LogP contribution in [0.3, 0.4) is 0 Å². The average molecular weight is 438 g/mol. The monoisotopic (exact) mass is 438 g/mol. The Labute approximate surface area is 159 Å². The Hall–Kier alpha value is 0.1000. The summed E-state index contributed by atoms with van der Waals surface area (Å²) in [6.07, 6.45) is 1.48. The third-order valence-corrected chi connectivity index (χ3v) is 4.10. The normalized spacial score (nSPS) is 14.5. The van der Waals surface area contributed by atoms with Crippen molar-refractivity contribution in [2.24, 2.45) is 0 Å². The highest BCUT2D eigenvalue weighted by molar-refractivity contribution is 7.46. The van der Waals surface area contributed by atoms with Crippen LogP contribution in [0.2, 0.25) is 0 Å². The molecular formula is C14H32O11P2. The second-order valence-corrected chi connectivity index (χ2v) is 8.10. The molecule has 0 radical (unpaired) electrons. The van der Waals surface area contributed by atoms with Gasteiger partial charge in [-0.3, -0.25) is 0 Å². The predicted molar refractivity (Wildman–Crippen MR) is 95.4 cm³/mol. The summed E-state index contributed by atoms with van der Waals surface area (Å²) in [6, 6.07) is 0. The zero-order valence-corrected chi connectivity index (χ0v) is 17.8. The Morgan fingerprint density at radius 2 is 1.22 bits per heavy atom. The SMILES string of the molecule is CCCCOC(OP(=O)(O)O)C(OCCCC)(OCCCC)OP(=O)(O)O. The van der Waals surface area contributed by atoms with Crippen LogP contribution < -0.4 is 0 Å². The van der Waals surface area contributed by atoms with Crippen LogP contribution in [0, 0.1) is 0 Å². The number of unbranched alkanes of at least 4 members (excludes halogenated alkanes) is 3. The van der Waals surface area contributed by atoms with Crippen molar-refractivity contribution in [1.82, 2.24) is 0 Å². The van der Waals surface area contributed by atoms with Crippen molar-refractivity contribution >= 4 is 15.6 Å². The van der Waals surface area contributed by atoms with Crippen LogP contribution in [0.5, 0.6) is 0 Å². The van der Waals surface area contributed by atoms with Gasteiger partial charge in [-0.25, -0.2) is 18.2 Å². The van der Waals surface area contributed by atoms with Crippen molar-refractivity contribution < 1.29 is 52.0 Å². The van der Waals surface area contributed by atoms with E-state index in [2.05, 4.69) is 9.05 Å². The van der Waals surface area contributed by atoms with E-state index in [4.69, 9.17) is 14.2 Å². The molecule has 11 nitrogen and oxygen atoms in total. The smallest absolute Gasteiger partial charge is 0.345 e. The van der Waals surface area contributed by atoms with E-state index in [-0.39, 0.29) is 19.8 Å². The molecule has 0 amide bonds. The van der Waals surface area contributed by atoms with Crippen LogP contribution in [0.15, 0.2) is 0 Å². The summed E-state index contributed by atoms with van der Waals surface area (Å²) in [7, 11) is -10.3. The van der Waals surface area contributed by atoms with Crippen molar-refractivity contribution in [3.8, 4) is 0 Å². The minimum Gasteiger partial charge on any atom is -0.345 e. The van der Waals surface area contributed by atoms with Gasteiger partial charge in [0.25, 0.3) is 6.29 Å². The largest absolute Gasteiger partial charge is 0.474 e. The number of ether oxygens (including phenoxy) is 3. The minimum atomic E-state index is -5.21. The number of hydrogen-bond donors (Lipinski definition) is 4. The Morgan fingerprint density at radius 1 is 0.778 bits per heavy atom. The van der Waals surface area contributed by atoms with E-state index in [0.717, 1.165) is 0 Å². The van der Waals surface area contributed by atoms with Gasteiger partial charge in [0.05, 0.1) is 19.8 Å². The van der Waals surface area contributed by atoms with Crippen LogP contribution in [-0.2, 0) is 32.4 Å². The molecule has 0 aliphatic heterocycles. The third-order valence-electron chi connectivity index (χ3n) is 3.14. The predicted octanol–water partition coefficient (Wildman–Crippen LogP) is 2.64. The first-order valence-electron chi connectivity index (χ1n) is 8.89. The van der Waals surface area contributed by atoms with E-state index in [1.807, 2.05) is 20.8 Å². The topological polar surface area (TPSA) is 161 Å². The van der Waals surface area contributed by atoms with Crippen LogP contribution in [-0.4, -0.2) is 51.7 Å². The second-order valence-electron chi connectivity index (χ2n) is 5.74. The highest BCUT2D eigenvalue weighted by Gasteiger charge is 2.52. The lowest BCUT2D eigenvalue weighted by Crippen LogP contribution is -2.52. The molecular weight excluding hydrogens is 406 g/mol. The fourth-order valence-electron chi connectivity index (χ4n) is 1.81. The maximum absolute atomic E-state index is 11.5. The zero-order valence-electron chi connectivity index (χ0n) is 16.0. The lowest BCUT2D eigenvalue weighted by molar-refractivity contribution is -0.422. The van der Waals surface area contributed by atoms with Crippen molar-refractivity contribution in [3.05, 3.63) is 0 Å². The zero-order chi connectivity index (χ0) is 21.0. The Kier molecular flexibility index (Phi) is 13.4. The van der Waals surface area contributed by atoms with Gasteiger partial charge in [0.1, 0.15) is 0 Å². The number of rotatable bonds is 17. The fraction of sp³-hybridized carbons (Fsp3) is 1.00. The van der Waals surface area contributed by atoms with Gasteiger partial charge in [-0.2, -0.15) is 0 Å². The van der Waals surface area contributed by atoms with E-state index in [9.17, 15) is 28.7 Å². The molecule has 4 N–H and O–H groups in total. The molecule has 0 aromatic rings. The summed E-state index contributed by atoms with van der Waals surface area (Å²) in [6.45, 7) is 5.41. The Bertz CT molecular complexity index is 466. The Morgan fingerprint density at radius 3 is 1.59 bits per heavy atom. The summed E-state index contributed by atoms with van der Waals surface area (Å²) in [4.78, 5) is 37.0. The molecule has 27 heavy (non-hydrogen) atoms. The molecule has 0 rings (SSSR count). The molecule has 0 saturated heterocycles. The van der Waals surface area contributed by atoms with E-state index in [1.165, 1.54) is 0 Å². The Balaban J connectivity index is 5.81. The van der Waals surface area contributed by atoms with E-state index >= 15 is 0 Å². The number of phosphoric acid groups is 2. The highest BCUT2D eigenvalue weighted by Crippen LogP contribution is 2.48. The lowest BCUT2D eigenvalue weighted by atomic mass is 10.3. The molecule has 0 heterocycles. The van der Waals surface area contributed by atoms with Crippen molar-refractivity contribution in [2.45, 2.75) is 71.6 Å². The van der Waals surface area contributed by atoms with Crippen LogP contribution in [0.1, 0.15) is 59.3 Å². The molecule has 0 spiro atoms. The summed E-state index contributed by atoms with van der Waals surface area (Å²) in [5, 5.41) is 0. The summed E-state index contributed by atoms with van der Waals surface area (Å²) >= 11 is 0. The number of hydrogen-bond acceptors (Lipinski definition) is 7. The molecule has 0 fully saturated rings. The molecule has 1 atom stereocenters. The van der Waals surface area contributed by atoms with E-state index in [0.29, 0.717) is 38.5 Å². The van der Waals surface area contributed by atoms with Gasteiger partial charge in [-0.15, -0.1) is 0 Å². The molecule has 0 bridgehead atoms. The van der Waals surface area contributed by atoms with Crippen molar-refractivity contribution in [1.29, 1.82) is 0 Å². The molecule has 0 aliphatic rings. The molecule has 0 saturated carbocycles. The first-order valence-corrected chi connectivity index (χ1v) is 12.0. The first kappa shape index (κ1) is 27.1. The standard InChI is InChI=1S/C14H32O11P2/c1-4-7-10-21-13(24-26(15,16)17)14(22-11-8-5-2,23-12-9-6-3)25-27(18,19)20/h13H,4-12H2,1-3H3,(H2,15,16,17)(H2,18,19,20). The van der Waals surface area contributed by atoms with Gasteiger partial charge in [-0.1, -0.05) is 40.0 Å². The molecule has 0 aromatic carbocycles. The van der Waals surface area contributed by atoms with E-state index < -0.39 is 27.9 Å². The third kappa shape index (κ3) is 13.0. The summed E-state index contributed by atoms with van der Waals surface area (Å²) < 4.78 is 48.3. The molecule has 1 unspecified atom stereocenters. The maximum Gasteiger partial charge on any atom is 0.474 e. The van der Waals surface area contributed by atoms with Gasteiger partial charge >= 0.3 is 21.6 Å². The minimum absolute atomic E-state index is 0.0261. The fourth-order valence-corrected chi connectivity index (χ4v) is 2.78. The van der Waals surface area contributed by atoms with Crippen molar-refractivity contribution in [3.63, 3.8) is 0 Å². The van der Waals surface area contributed by atoms with Crippen molar-refractivity contribution in [2.75, 3.05) is 19.8 Å². The van der Waals surface area contributed by atoms with Gasteiger partial charge in [-0.05, 0) is 19.3 Å². The molecule has 0 aliphatic carbocycles. The summed E-state index contributed by atoms with van der Waals surface area (Å²) in [5.74, 6) is -2.64. The van der Waals surface area contributed by atoms with Gasteiger partial charge in [0.15, 0.2) is 0 Å². The van der Waals surface area contributed by atoms with E-state index in [1.54, 1.807) is 0 Å². The average Bonchev–Trinajstić information content (AvgIpc) is 2.52. The molecule has 13 heteroatoms. The molecule has 164 valence electrons. The van der Waals surface area contributed by atoms with Gasteiger partial charge in [0, 0.05) is 0 Å². The quantitative estimate of drug-likeness (QED) is 0.150. The van der Waals surface area contributed by atoms with Gasteiger partial charge in [0.2, 0.25) is 0 Å². The lowest BCUT2D eigenvalue weighted by Gasteiger charge is -2.38. The first-order chi connectivity index (χ1) is 12.5. The highest BCUT2D eigenvalue weighted by atomic mass is 31.2. The van der Waals surface area contributed by atoms with Crippen LogP contribution in [0.25, 0.3) is 0 Å². The second kappa shape index (κ2) is 13.3. The maximum atomic E-state index is 11.5. The van der Waals surface area contributed by atoms with Gasteiger partial charge < -0.3 is 33.8 Å².